The van der Waals surface area contributed by atoms with Crippen molar-refractivity contribution in [2.24, 2.45) is 7.05 Å². The van der Waals surface area contributed by atoms with Gasteiger partial charge in [0, 0.05) is 37.9 Å². The summed E-state index contributed by atoms with van der Waals surface area (Å²) in [5.74, 6) is 0.888. The SMILES string of the molecule is COc1cccc(-c2cc(C(=O)NC3CCN(c4ccc(C(F)(F)F)cn4)C3)n(C)n2)c1. The van der Waals surface area contributed by atoms with Crippen molar-refractivity contribution in [1.29, 1.82) is 0 Å². The highest BCUT2D eigenvalue weighted by Crippen LogP contribution is 2.30. The topological polar surface area (TPSA) is 72.3 Å². The molecule has 168 valence electrons. The summed E-state index contributed by atoms with van der Waals surface area (Å²) in [6.45, 7) is 1.05. The van der Waals surface area contributed by atoms with Crippen LogP contribution in [0.2, 0.25) is 0 Å². The summed E-state index contributed by atoms with van der Waals surface area (Å²) in [6.07, 6.45) is -2.92. The van der Waals surface area contributed by atoms with Crippen LogP contribution in [-0.4, -0.2) is 46.9 Å². The fourth-order valence-corrected chi connectivity index (χ4v) is 3.69. The molecule has 2 aromatic heterocycles. The van der Waals surface area contributed by atoms with Crippen LogP contribution in [0.3, 0.4) is 0 Å². The first-order valence-corrected chi connectivity index (χ1v) is 10.0. The van der Waals surface area contributed by atoms with Gasteiger partial charge in [-0.3, -0.25) is 9.48 Å². The molecule has 1 atom stereocenters. The smallest absolute Gasteiger partial charge is 0.417 e. The molecule has 1 N–H and O–H groups in total. The number of anilines is 1. The molecule has 3 aromatic rings. The maximum absolute atomic E-state index is 12.8. The Morgan fingerprint density at radius 2 is 2.03 bits per heavy atom. The molecule has 0 radical (unpaired) electrons. The van der Waals surface area contributed by atoms with Crippen LogP contribution in [0, 0.1) is 0 Å². The molecule has 0 bridgehead atoms. The summed E-state index contributed by atoms with van der Waals surface area (Å²) < 4.78 is 45.0. The van der Waals surface area contributed by atoms with Gasteiger partial charge in [0.25, 0.3) is 5.91 Å². The molecular formula is C22H22F3N5O2. The zero-order chi connectivity index (χ0) is 22.9. The number of amides is 1. The van der Waals surface area contributed by atoms with Crippen molar-refractivity contribution in [3.8, 4) is 17.0 Å². The number of rotatable bonds is 5. The van der Waals surface area contributed by atoms with E-state index in [1.807, 2.05) is 29.2 Å². The van der Waals surface area contributed by atoms with Gasteiger partial charge in [0.05, 0.1) is 18.4 Å². The lowest BCUT2D eigenvalue weighted by Crippen LogP contribution is -2.38. The largest absolute Gasteiger partial charge is 0.497 e. The van der Waals surface area contributed by atoms with Crippen LogP contribution in [0.15, 0.2) is 48.7 Å². The highest BCUT2D eigenvalue weighted by Gasteiger charge is 2.32. The van der Waals surface area contributed by atoms with E-state index in [1.54, 1.807) is 20.2 Å². The molecule has 32 heavy (non-hydrogen) atoms. The molecule has 7 nitrogen and oxygen atoms in total. The summed E-state index contributed by atoms with van der Waals surface area (Å²) in [5, 5.41) is 7.42. The van der Waals surface area contributed by atoms with E-state index in [0.29, 0.717) is 42.5 Å². The molecule has 1 saturated heterocycles. The van der Waals surface area contributed by atoms with Gasteiger partial charge in [-0.2, -0.15) is 18.3 Å². The fourth-order valence-electron chi connectivity index (χ4n) is 3.69. The predicted molar refractivity (Wildman–Crippen MR) is 113 cm³/mol. The first kappa shape index (κ1) is 21.7. The minimum atomic E-state index is -4.42. The highest BCUT2D eigenvalue weighted by molar-refractivity contribution is 5.94. The number of alkyl halides is 3. The number of hydrogen-bond donors (Lipinski definition) is 1. The lowest BCUT2D eigenvalue weighted by molar-refractivity contribution is -0.137. The number of ether oxygens (including phenoxy) is 1. The third-order valence-corrected chi connectivity index (χ3v) is 5.40. The lowest BCUT2D eigenvalue weighted by Gasteiger charge is -2.18. The van der Waals surface area contributed by atoms with Crippen molar-refractivity contribution < 1.29 is 22.7 Å². The van der Waals surface area contributed by atoms with Crippen LogP contribution >= 0.6 is 0 Å². The Labute approximate surface area is 182 Å². The Morgan fingerprint density at radius 3 is 2.72 bits per heavy atom. The summed E-state index contributed by atoms with van der Waals surface area (Å²) in [5.41, 5.74) is 1.11. The number of hydrogen-bond acceptors (Lipinski definition) is 5. The molecule has 0 saturated carbocycles. The van der Waals surface area contributed by atoms with Crippen LogP contribution in [0.1, 0.15) is 22.5 Å². The Morgan fingerprint density at radius 1 is 1.22 bits per heavy atom. The van der Waals surface area contributed by atoms with Crippen LogP contribution in [0.5, 0.6) is 5.75 Å². The van der Waals surface area contributed by atoms with Crippen molar-refractivity contribution in [2.45, 2.75) is 18.6 Å². The first-order valence-electron chi connectivity index (χ1n) is 10.0. The summed E-state index contributed by atoms with van der Waals surface area (Å²) >= 11 is 0. The van der Waals surface area contributed by atoms with E-state index in [1.165, 1.54) is 10.7 Å². The number of nitrogens with one attached hydrogen (secondary N) is 1. The van der Waals surface area contributed by atoms with E-state index >= 15 is 0 Å². The molecule has 10 heteroatoms. The first-order chi connectivity index (χ1) is 15.2. The second-order valence-corrected chi connectivity index (χ2v) is 7.58. The van der Waals surface area contributed by atoms with E-state index < -0.39 is 11.7 Å². The number of aromatic nitrogens is 3. The van der Waals surface area contributed by atoms with Gasteiger partial charge in [-0.25, -0.2) is 4.98 Å². The third-order valence-electron chi connectivity index (χ3n) is 5.40. The van der Waals surface area contributed by atoms with Gasteiger partial charge in [-0.1, -0.05) is 12.1 Å². The molecule has 0 spiro atoms. The Hall–Kier alpha value is -3.56. The average molecular weight is 445 g/mol. The standard InChI is InChI=1S/C22H22F3N5O2/c1-29-19(11-18(28-29)14-4-3-5-17(10-14)32-2)21(31)27-16-8-9-30(13-16)20-7-6-15(12-26-20)22(23,24)25/h3-7,10-12,16H,8-9,13H2,1-2H3,(H,27,31). The molecule has 4 rings (SSSR count). The minimum absolute atomic E-state index is 0.151. The summed E-state index contributed by atoms with van der Waals surface area (Å²) in [4.78, 5) is 18.6. The zero-order valence-corrected chi connectivity index (χ0v) is 17.6. The van der Waals surface area contributed by atoms with Crippen molar-refractivity contribution in [1.82, 2.24) is 20.1 Å². The minimum Gasteiger partial charge on any atom is -0.497 e. The van der Waals surface area contributed by atoms with Gasteiger partial charge in [-0.15, -0.1) is 0 Å². The molecule has 1 unspecified atom stereocenters. The van der Waals surface area contributed by atoms with Crippen LogP contribution in [0.25, 0.3) is 11.3 Å². The number of benzene rings is 1. The van der Waals surface area contributed by atoms with Crippen LogP contribution in [-0.2, 0) is 13.2 Å². The summed E-state index contributed by atoms with van der Waals surface area (Å²) in [7, 11) is 3.28. The van der Waals surface area contributed by atoms with Gasteiger partial charge in [0.1, 0.15) is 17.3 Å². The van der Waals surface area contributed by atoms with Crippen LogP contribution < -0.4 is 15.0 Å². The maximum Gasteiger partial charge on any atom is 0.417 e. The Balaban J connectivity index is 1.41. The average Bonchev–Trinajstić information content (AvgIpc) is 3.40. The van der Waals surface area contributed by atoms with Crippen molar-refractivity contribution >= 4 is 11.7 Å². The third kappa shape index (κ3) is 4.53. The summed E-state index contributed by atoms with van der Waals surface area (Å²) in [6, 6.07) is 11.4. The van der Waals surface area contributed by atoms with Gasteiger partial charge >= 0.3 is 6.18 Å². The van der Waals surface area contributed by atoms with E-state index in [9.17, 15) is 18.0 Å². The monoisotopic (exact) mass is 445 g/mol. The molecule has 1 fully saturated rings. The second-order valence-electron chi connectivity index (χ2n) is 7.58. The van der Waals surface area contributed by atoms with Crippen LogP contribution in [0.4, 0.5) is 19.0 Å². The highest BCUT2D eigenvalue weighted by atomic mass is 19.4. The van der Waals surface area contributed by atoms with Gasteiger partial charge in [0.2, 0.25) is 0 Å². The molecular weight excluding hydrogens is 423 g/mol. The van der Waals surface area contributed by atoms with E-state index in [2.05, 4.69) is 15.4 Å². The van der Waals surface area contributed by atoms with E-state index in [0.717, 1.165) is 17.8 Å². The van der Waals surface area contributed by atoms with Gasteiger partial charge in [0.15, 0.2) is 0 Å². The number of aryl methyl sites for hydroxylation is 1. The maximum atomic E-state index is 12.8. The number of methoxy groups -OCH3 is 1. The number of nitrogens with zero attached hydrogens (tertiary/aromatic N) is 4. The molecule has 0 aliphatic carbocycles. The fraction of sp³-hybridized carbons (Fsp3) is 0.318. The zero-order valence-electron chi connectivity index (χ0n) is 17.6. The normalized spacial score (nSPS) is 16.3. The predicted octanol–water partition coefficient (Wildman–Crippen LogP) is 3.52. The number of halogens is 3. The van der Waals surface area contributed by atoms with E-state index in [4.69, 9.17) is 4.74 Å². The Bertz CT molecular complexity index is 1110. The van der Waals surface area contributed by atoms with Gasteiger partial charge in [-0.05, 0) is 36.8 Å². The van der Waals surface area contributed by atoms with Crippen molar-refractivity contribution in [3.05, 3.63) is 59.9 Å². The van der Waals surface area contributed by atoms with Crippen molar-refractivity contribution in [3.63, 3.8) is 0 Å². The lowest BCUT2D eigenvalue weighted by atomic mass is 10.1. The number of pyridine rings is 1. The molecule has 3 heterocycles. The Kier molecular flexibility index (Phi) is 5.77. The molecule has 1 amide bonds. The molecule has 1 aliphatic rings. The number of carbonyl (C=O) groups excluding carboxylic acids is 1. The molecule has 1 aliphatic heterocycles. The quantitative estimate of drug-likeness (QED) is 0.651. The van der Waals surface area contributed by atoms with Gasteiger partial charge < -0.3 is 15.0 Å². The van der Waals surface area contributed by atoms with Crippen molar-refractivity contribution in [2.75, 3.05) is 25.1 Å². The second kappa shape index (κ2) is 8.52. The number of carbonyl (C=O) groups is 1. The van der Waals surface area contributed by atoms with E-state index in [-0.39, 0.29) is 11.9 Å². The molecule has 1 aromatic carbocycles.